The van der Waals surface area contributed by atoms with Crippen LogP contribution in [0.3, 0.4) is 0 Å². The van der Waals surface area contributed by atoms with E-state index in [0.29, 0.717) is 12.3 Å². The average Bonchev–Trinajstić information content (AvgIpc) is 2.91. The zero-order chi connectivity index (χ0) is 17.8. The molecule has 0 aromatic heterocycles. The number of nitrogens with two attached hydrogens (primary N) is 1. The Morgan fingerprint density at radius 2 is 1.93 bits per heavy atom. The number of halogens is 2. The molecule has 1 amide bonds. The van der Waals surface area contributed by atoms with Crippen LogP contribution in [0.4, 0.5) is 5.69 Å². The molecule has 1 aromatic rings. The Morgan fingerprint density at radius 3 is 2.56 bits per heavy atom. The van der Waals surface area contributed by atoms with E-state index < -0.39 is 0 Å². The molecule has 0 bridgehead atoms. The third-order valence-corrected chi connectivity index (χ3v) is 5.28. The van der Waals surface area contributed by atoms with Gasteiger partial charge in [-0.3, -0.25) is 9.69 Å². The summed E-state index contributed by atoms with van der Waals surface area (Å²) in [5, 5.41) is 3.05. The molecule has 4 atom stereocenters. The Balaban J connectivity index is 0.00000182. The van der Waals surface area contributed by atoms with E-state index in [4.69, 9.17) is 10.5 Å². The number of anilines is 1. The zero-order valence-electron chi connectivity index (χ0n) is 16.2. The highest BCUT2D eigenvalue weighted by Crippen LogP contribution is 2.27. The predicted molar refractivity (Wildman–Crippen MR) is 115 cm³/mol. The van der Waals surface area contributed by atoms with Crippen molar-refractivity contribution in [3.05, 3.63) is 29.8 Å². The Labute approximate surface area is 175 Å². The number of ether oxygens (including phenoxy) is 1. The molecule has 3 rings (SSSR count). The average molecular weight is 418 g/mol. The molecular weight excluding hydrogens is 385 g/mol. The summed E-state index contributed by atoms with van der Waals surface area (Å²) in [5.74, 6) is 0.410. The van der Waals surface area contributed by atoms with Crippen LogP contribution in [0, 0.1) is 5.92 Å². The van der Waals surface area contributed by atoms with E-state index in [2.05, 4.69) is 36.2 Å². The summed E-state index contributed by atoms with van der Waals surface area (Å²) in [5.41, 5.74) is 8.17. The van der Waals surface area contributed by atoms with Gasteiger partial charge < -0.3 is 15.8 Å². The second kappa shape index (κ2) is 11.2. The maximum Gasteiger partial charge on any atom is 0.224 e. The van der Waals surface area contributed by atoms with Crippen molar-refractivity contribution in [3.8, 4) is 0 Å². The van der Waals surface area contributed by atoms with Gasteiger partial charge in [0, 0.05) is 37.8 Å². The number of morpholine rings is 1. The molecule has 0 radical (unpaired) electrons. The lowest BCUT2D eigenvalue weighted by Gasteiger charge is -2.35. The van der Waals surface area contributed by atoms with Crippen molar-refractivity contribution in [1.29, 1.82) is 0 Å². The van der Waals surface area contributed by atoms with Crippen LogP contribution in [-0.2, 0) is 16.1 Å². The van der Waals surface area contributed by atoms with Crippen LogP contribution in [-0.4, -0.2) is 42.1 Å². The van der Waals surface area contributed by atoms with Gasteiger partial charge in [-0.05, 0) is 50.3 Å². The smallest absolute Gasteiger partial charge is 0.224 e. The molecule has 154 valence electrons. The normalized spacial score (nSPS) is 28.1. The number of benzene rings is 1. The molecule has 2 aliphatic rings. The number of hydrogen-bond acceptors (Lipinski definition) is 4. The van der Waals surface area contributed by atoms with E-state index in [1.165, 1.54) is 5.56 Å². The lowest BCUT2D eigenvalue weighted by molar-refractivity contribution is -0.117. The molecule has 1 saturated heterocycles. The Morgan fingerprint density at radius 1 is 1.22 bits per heavy atom. The van der Waals surface area contributed by atoms with Crippen molar-refractivity contribution in [2.75, 3.05) is 18.4 Å². The first-order valence-electron chi connectivity index (χ1n) is 9.52. The van der Waals surface area contributed by atoms with Gasteiger partial charge in [0.25, 0.3) is 0 Å². The van der Waals surface area contributed by atoms with E-state index in [9.17, 15) is 4.79 Å². The number of carbonyl (C=O) groups is 1. The summed E-state index contributed by atoms with van der Waals surface area (Å²) in [6.45, 7) is 7.01. The number of hydrogen-bond donors (Lipinski definition) is 2. The van der Waals surface area contributed by atoms with Crippen LogP contribution in [0.2, 0.25) is 0 Å². The van der Waals surface area contributed by atoms with Gasteiger partial charge in [-0.1, -0.05) is 18.6 Å². The first kappa shape index (κ1) is 24.2. The molecule has 2 unspecified atom stereocenters. The fourth-order valence-corrected chi connectivity index (χ4v) is 4.19. The number of rotatable bonds is 5. The van der Waals surface area contributed by atoms with E-state index in [1.54, 1.807) is 0 Å². The minimum absolute atomic E-state index is 0. The highest BCUT2D eigenvalue weighted by atomic mass is 35.5. The highest BCUT2D eigenvalue weighted by Gasteiger charge is 2.26. The SMILES string of the molecule is CC1CN(Cc2cccc(NC(=O)C[C@@H]3CCC[C@H]3N)c2)CC(C)O1.Cl.Cl. The fourth-order valence-electron chi connectivity index (χ4n) is 4.19. The van der Waals surface area contributed by atoms with Crippen LogP contribution in [0.5, 0.6) is 0 Å². The molecule has 1 aliphatic heterocycles. The van der Waals surface area contributed by atoms with Crippen molar-refractivity contribution >= 4 is 36.4 Å². The molecule has 2 fully saturated rings. The maximum atomic E-state index is 12.3. The van der Waals surface area contributed by atoms with E-state index in [-0.39, 0.29) is 49.0 Å². The van der Waals surface area contributed by atoms with Crippen molar-refractivity contribution in [2.24, 2.45) is 11.7 Å². The first-order chi connectivity index (χ1) is 12.0. The van der Waals surface area contributed by atoms with Gasteiger partial charge in [0.05, 0.1) is 12.2 Å². The van der Waals surface area contributed by atoms with E-state index >= 15 is 0 Å². The monoisotopic (exact) mass is 417 g/mol. The largest absolute Gasteiger partial charge is 0.373 e. The van der Waals surface area contributed by atoms with Crippen LogP contribution in [0.15, 0.2) is 24.3 Å². The summed E-state index contributed by atoms with van der Waals surface area (Å²) in [7, 11) is 0. The van der Waals surface area contributed by atoms with Crippen LogP contribution in [0.1, 0.15) is 45.1 Å². The van der Waals surface area contributed by atoms with Gasteiger partial charge in [0.15, 0.2) is 0 Å². The van der Waals surface area contributed by atoms with Gasteiger partial charge in [-0.2, -0.15) is 0 Å². The quantitative estimate of drug-likeness (QED) is 0.767. The molecule has 1 saturated carbocycles. The summed E-state index contributed by atoms with van der Waals surface area (Å²) in [4.78, 5) is 14.7. The zero-order valence-corrected chi connectivity index (χ0v) is 17.9. The van der Waals surface area contributed by atoms with Gasteiger partial charge in [0.1, 0.15) is 0 Å². The number of nitrogens with zero attached hydrogens (tertiary/aromatic N) is 1. The molecule has 0 spiro atoms. The van der Waals surface area contributed by atoms with Gasteiger partial charge in [-0.25, -0.2) is 0 Å². The van der Waals surface area contributed by atoms with Crippen LogP contribution in [0.25, 0.3) is 0 Å². The van der Waals surface area contributed by atoms with Crippen molar-refractivity contribution in [3.63, 3.8) is 0 Å². The number of amides is 1. The van der Waals surface area contributed by atoms with E-state index in [1.807, 2.05) is 12.1 Å². The Kier molecular flexibility index (Phi) is 10.1. The molecule has 1 heterocycles. The Bertz CT molecular complexity index is 592. The lowest BCUT2D eigenvalue weighted by atomic mass is 10.00. The minimum Gasteiger partial charge on any atom is -0.373 e. The molecule has 1 aliphatic carbocycles. The van der Waals surface area contributed by atoms with Gasteiger partial charge in [-0.15, -0.1) is 24.8 Å². The summed E-state index contributed by atoms with van der Waals surface area (Å²) in [6.07, 6.45) is 4.32. The topological polar surface area (TPSA) is 67.6 Å². The summed E-state index contributed by atoms with van der Waals surface area (Å²) < 4.78 is 5.79. The number of carbonyl (C=O) groups excluding carboxylic acids is 1. The maximum absolute atomic E-state index is 12.3. The summed E-state index contributed by atoms with van der Waals surface area (Å²) in [6, 6.07) is 8.35. The molecule has 1 aromatic carbocycles. The van der Waals surface area contributed by atoms with Crippen LogP contribution >= 0.6 is 24.8 Å². The minimum atomic E-state index is 0. The standard InChI is InChI=1S/C20H31N3O2.2ClH/c1-14-11-23(12-15(2)25-14)13-16-5-3-7-18(9-16)22-20(24)10-17-6-4-8-19(17)21;;/h3,5,7,9,14-15,17,19H,4,6,8,10-13,21H2,1-2H3,(H,22,24);2*1H/t14?,15?,17-,19+;;/m0../s1. The van der Waals surface area contributed by atoms with Gasteiger partial charge >= 0.3 is 0 Å². The van der Waals surface area contributed by atoms with Gasteiger partial charge in [0.2, 0.25) is 5.91 Å². The summed E-state index contributed by atoms with van der Waals surface area (Å²) >= 11 is 0. The predicted octanol–water partition coefficient (Wildman–Crippen LogP) is 3.60. The van der Waals surface area contributed by atoms with Crippen molar-refractivity contribution < 1.29 is 9.53 Å². The second-order valence-electron chi connectivity index (χ2n) is 7.76. The second-order valence-corrected chi connectivity index (χ2v) is 7.76. The molecule has 7 heteroatoms. The lowest BCUT2D eigenvalue weighted by Crippen LogP contribution is -2.44. The highest BCUT2D eigenvalue weighted by molar-refractivity contribution is 5.91. The van der Waals surface area contributed by atoms with Crippen molar-refractivity contribution in [2.45, 2.75) is 64.3 Å². The molecule has 27 heavy (non-hydrogen) atoms. The Hall–Kier alpha value is -0.850. The number of nitrogens with one attached hydrogen (secondary N) is 1. The van der Waals surface area contributed by atoms with E-state index in [0.717, 1.165) is 44.6 Å². The fraction of sp³-hybridized carbons (Fsp3) is 0.650. The molecule has 5 nitrogen and oxygen atoms in total. The molecular formula is C20H33Cl2N3O2. The third kappa shape index (κ3) is 7.24. The molecule has 3 N–H and O–H groups in total. The third-order valence-electron chi connectivity index (χ3n) is 5.28. The van der Waals surface area contributed by atoms with Crippen molar-refractivity contribution in [1.82, 2.24) is 4.90 Å². The van der Waals surface area contributed by atoms with Crippen LogP contribution < -0.4 is 11.1 Å². The first-order valence-corrected chi connectivity index (χ1v) is 9.52.